The van der Waals surface area contributed by atoms with Crippen molar-refractivity contribution in [2.75, 3.05) is 6.54 Å². The predicted molar refractivity (Wildman–Crippen MR) is 80.1 cm³/mol. The maximum Gasteiger partial charge on any atom is 0.146 e. The topological polar surface area (TPSA) is 35.2 Å². The zero-order valence-electron chi connectivity index (χ0n) is 11.0. The summed E-state index contributed by atoms with van der Waals surface area (Å²) in [7, 11) is 0. The van der Waals surface area contributed by atoms with E-state index in [1.165, 1.54) is 5.56 Å². The molecule has 0 radical (unpaired) electrons. The number of rotatable bonds is 5. The van der Waals surface area contributed by atoms with Gasteiger partial charge in [0.25, 0.3) is 0 Å². The molecule has 0 fully saturated rings. The molecule has 0 aromatic heterocycles. The highest BCUT2D eigenvalue weighted by Gasteiger charge is 2.05. The third-order valence-electron chi connectivity index (χ3n) is 2.96. The fourth-order valence-electron chi connectivity index (χ4n) is 1.91. The molecule has 0 unspecified atom stereocenters. The number of halogens is 1. The van der Waals surface area contributed by atoms with Crippen molar-refractivity contribution in [1.29, 1.82) is 0 Å². The summed E-state index contributed by atoms with van der Waals surface area (Å²) in [5.74, 6) is 1.49. The molecule has 2 aromatic carbocycles. The first-order valence-corrected chi connectivity index (χ1v) is 6.86. The van der Waals surface area contributed by atoms with E-state index in [1.807, 2.05) is 36.4 Å². The SMILES string of the molecule is CCc1cccc(Oc2ccc(CCN)cc2Cl)c1. The lowest BCUT2D eigenvalue weighted by Gasteiger charge is -2.10. The van der Waals surface area contributed by atoms with E-state index in [1.54, 1.807) is 0 Å². The Morgan fingerprint density at radius 3 is 2.63 bits per heavy atom. The summed E-state index contributed by atoms with van der Waals surface area (Å²) < 4.78 is 5.82. The van der Waals surface area contributed by atoms with Crippen molar-refractivity contribution in [3.8, 4) is 11.5 Å². The second-order valence-electron chi connectivity index (χ2n) is 4.41. The van der Waals surface area contributed by atoms with E-state index in [0.717, 1.165) is 24.2 Å². The van der Waals surface area contributed by atoms with E-state index in [0.29, 0.717) is 17.3 Å². The summed E-state index contributed by atoms with van der Waals surface area (Å²) in [6.07, 6.45) is 1.81. The van der Waals surface area contributed by atoms with Gasteiger partial charge < -0.3 is 10.5 Å². The minimum absolute atomic E-state index is 0.618. The average molecular weight is 276 g/mol. The van der Waals surface area contributed by atoms with E-state index in [9.17, 15) is 0 Å². The third kappa shape index (κ3) is 3.72. The molecule has 0 aliphatic carbocycles. The summed E-state index contributed by atoms with van der Waals surface area (Å²) in [5, 5.41) is 0.618. The van der Waals surface area contributed by atoms with Crippen LogP contribution in [-0.4, -0.2) is 6.54 Å². The Bertz CT molecular complexity index is 554. The van der Waals surface area contributed by atoms with E-state index in [2.05, 4.69) is 13.0 Å². The van der Waals surface area contributed by atoms with Gasteiger partial charge in [-0.05, 0) is 54.8 Å². The van der Waals surface area contributed by atoms with Crippen LogP contribution in [0, 0.1) is 0 Å². The van der Waals surface area contributed by atoms with Gasteiger partial charge in [-0.3, -0.25) is 0 Å². The maximum atomic E-state index is 6.22. The normalized spacial score (nSPS) is 10.5. The summed E-state index contributed by atoms with van der Waals surface area (Å²) >= 11 is 6.22. The number of ether oxygens (including phenoxy) is 1. The van der Waals surface area contributed by atoms with Gasteiger partial charge in [0.05, 0.1) is 5.02 Å². The van der Waals surface area contributed by atoms with Crippen LogP contribution in [0.5, 0.6) is 11.5 Å². The lowest BCUT2D eigenvalue weighted by molar-refractivity contribution is 0.482. The van der Waals surface area contributed by atoms with Crippen molar-refractivity contribution >= 4 is 11.6 Å². The van der Waals surface area contributed by atoms with Crippen molar-refractivity contribution < 1.29 is 4.74 Å². The molecule has 0 atom stereocenters. The summed E-state index contributed by atoms with van der Waals surface area (Å²) in [5.41, 5.74) is 7.90. The Balaban J connectivity index is 2.18. The highest BCUT2D eigenvalue weighted by atomic mass is 35.5. The van der Waals surface area contributed by atoms with Gasteiger partial charge in [-0.25, -0.2) is 0 Å². The van der Waals surface area contributed by atoms with Crippen molar-refractivity contribution in [3.63, 3.8) is 0 Å². The Kier molecular flexibility index (Phi) is 4.83. The van der Waals surface area contributed by atoms with Gasteiger partial charge in [-0.2, -0.15) is 0 Å². The molecule has 0 aliphatic rings. The Hall–Kier alpha value is -1.51. The van der Waals surface area contributed by atoms with Crippen LogP contribution in [0.1, 0.15) is 18.1 Å². The summed E-state index contributed by atoms with van der Waals surface area (Å²) in [4.78, 5) is 0. The molecule has 2 nitrogen and oxygen atoms in total. The Morgan fingerprint density at radius 2 is 1.95 bits per heavy atom. The molecule has 19 heavy (non-hydrogen) atoms. The van der Waals surface area contributed by atoms with Gasteiger partial charge >= 0.3 is 0 Å². The first kappa shape index (κ1) is 13.9. The van der Waals surface area contributed by atoms with E-state index in [4.69, 9.17) is 22.1 Å². The van der Waals surface area contributed by atoms with Gasteiger partial charge in [0.15, 0.2) is 0 Å². The molecular weight excluding hydrogens is 258 g/mol. The Morgan fingerprint density at radius 1 is 1.11 bits per heavy atom. The molecule has 0 spiro atoms. The van der Waals surface area contributed by atoms with Crippen molar-refractivity contribution in [2.24, 2.45) is 5.73 Å². The molecule has 0 amide bonds. The first-order chi connectivity index (χ1) is 9.22. The second kappa shape index (κ2) is 6.60. The number of benzene rings is 2. The lowest BCUT2D eigenvalue weighted by atomic mass is 10.1. The van der Waals surface area contributed by atoms with Crippen LogP contribution in [0.3, 0.4) is 0 Å². The minimum Gasteiger partial charge on any atom is -0.456 e. The fraction of sp³-hybridized carbons (Fsp3) is 0.250. The van der Waals surface area contributed by atoms with Crippen LogP contribution in [-0.2, 0) is 12.8 Å². The van der Waals surface area contributed by atoms with Crippen LogP contribution in [0.4, 0.5) is 0 Å². The van der Waals surface area contributed by atoms with Crippen molar-refractivity contribution in [3.05, 3.63) is 58.6 Å². The number of hydrogen-bond acceptors (Lipinski definition) is 2. The number of hydrogen-bond donors (Lipinski definition) is 1. The molecule has 3 heteroatoms. The monoisotopic (exact) mass is 275 g/mol. The molecule has 0 heterocycles. The molecule has 2 aromatic rings. The zero-order chi connectivity index (χ0) is 13.7. The van der Waals surface area contributed by atoms with Crippen LogP contribution < -0.4 is 10.5 Å². The second-order valence-corrected chi connectivity index (χ2v) is 4.81. The summed E-state index contributed by atoms with van der Waals surface area (Å²) in [6.45, 7) is 2.74. The van der Waals surface area contributed by atoms with Gasteiger partial charge in [0, 0.05) is 0 Å². The molecule has 2 rings (SSSR count). The largest absolute Gasteiger partial charge is 0.456 e. The quantitative estimate of drug-likeness (QED) is 0.888. The van der Waals surface area contributed by atoms with E-state index >= 15 is 0 Å². The molecule has 100 valence electrons. The molecule has 0 bridgehead atoms. The van der Waals surface area contributed by atoms with Gasteiger partial charge in [-0.1, -0.05) is 36.7 Å². The smallest absolute Gasteiger partial charge is 0.146 e. The van der Waals surface area contributed by atoms with E-state index < -0.39 is 0 Å². The average Bonchev–Trinajstić information content (AvgIpc) is 2.42. The van der Waals surface area contributed by atoms with Crippen LogP contribution in [0.15, 0.2) is 42.5 Å². The fourth-order valence-corrected chi connectivity index (χ4v) is 2.15. The van der Waals surface area contributed by atoms with Crippen LogP contribution in [0.2, 0.25) is 5.02 Å². The van der Waals surface area contributed by atoms with Gasteiger partial charge in [0.1, 0.15) is 11.5 Å². The van der Waals surface area contributed by atoms with Crippen LogP contribution >= 0.6 is 11.6 Å². The summed E-state index contributed by atoms with van der Waals surface area (Å²) in [6, 6.07) is 13.8. The van der Waals surface area contributed by atoms with Crippen molar-refractivity contribution in [2.45, 2.75) is 19.8 Å². The molecule has 0 aliphatic heterocycles. The lowest BCUT2D eigenvalue weighted by Crippen LogP contribution is -2.02. The van der Waals surface area contributed by atoms with Gasteiger partial charge in [0.2, 0.25) is 0 Å². The highest BCUT2D eigenvalue weighted by Crippen LogP contribution is 2.30. The standard InChI is InChI=1S/C16H18ClNO/c1-2-12-4-3-5-14(10-12)19-16-7-6-13(8-9-18)11-15(16)17/h3-7,10-11H,2,8-9,18H2,1H3. The maximum absolute atomic E-state index is 6.22. The van der Waals surface area contributed by atoms with Crippen molar-refractivity contribution in [1.82, 2.24) is 0 Å². The molecular formula is C16H18ClNO. The molecule has 0 saturated carbocycles. The third-order valence-corrected chi connectivity index (χ3v) is 3.26. The first-order valence-electron chi connectivity index (χ1n) is 6.48. The zero-order valence-corrected chi connectivity index (χ0v) is 11.8. The Labute approximate surface area is 119 Å². The van der Waals surface area contributed by atoms with E-state index in [-0.39, 0.29) is 0 Å². The van der Waals surface area contributed by atoms with Gasteiger partial charge in [-0.15, -0.1) is 0 Å². The number of nitrogens with two attached hydrogens (primary N) is 1. The highest BCUT2D eigenvalue weighted by molar-refractivity contribution is 6.32. The van der Waals surface area contributed by atoms with Crippen LogP contribution in [0.25, 0.3) is 0 Å². The molecule has 0 saturated heterocycles. The molecule has 2 N–H and O–H groups in total. The number of aryl methyl sites for hydroxylation is 1. The predicted octanol–water partition coefficient (Wildman–Crippen LogP) is 4.20. The minimum atomic E-state index is 0.618.